The van der Waals surface area contributed by atoms with E-state index in [2.05, 4.69) is 54.6 Å². The van der Waals surface area contributed by atoms with Crippen LogP contribution >= 0.6 is 0 Å². The van der Waals surface area contributed by atoms with Gasteiger partial charge in [0.1, 0.15) is 0 Å². The number of aromatic amines is 1. The molecule has 2 aromatic carbocycles. The van der Waals surface area contributed by atoms with E-state index in [1.54, 1.807) is 0 Å². The molecule has 4 aromatic rings. The zero-order valence-electron chi connectivity index (χ0n) is 17.3. The van der Waals surface area contributed by atoms with Crippen molar-refractivity contribution in [3.8, 4) is 0 Å². The fraction of sp³-hybridized carbons (Fsp3) is 0.217. The summed E-state index contributed by atoms with van der Waals surface area (Å²) in [6.07, 6.45) is 3.04. The summed E-state index contributed by atoms with van der Waals surface area (Å²) in [6, 6.07) is 15.9. The Hall–Kier alpha value is -3.65. The summed E-state index contributed by atoms with van der Waals surface area (Å²) in [5.41, 5.74) is 3.83. The maximum absolute atomic E-state index is 14.3. The summed E-state index contributed by atoms with van der Waals surface area (Å²) in [5.74, 6) is -0.0504. The summed E-state index contributed by atoms with van der Waals surface area (Å²) in [5, 5.41) is 7.24. The van der Waals surface area contributed by atoms with E-state index in [0.717, 1.165) is 48.5 Å². The maximum atomic E-state index is 14.3. The zero-order valence-corrected chi connectivity index (χ0v) is 17.3. The highest BCUT2D eigenvalue weighted by Gasteiger charge is 2.14. The highest BCUT2D eigenvalue weighted by atomic mass is 19.1. The van der Waals surface area contributed by atoms with Gasteiger partial charge >= 0.3 is 0 Å². The number of H-pyrrole nitrogens is 1. The molecule has 0 aliphatic carbocycles. The first-order valence-corrected chi connectivity index (χ1v) is 10.3. The normalized spacial score (nSPS) is 14.7. The van der Waals surface area contributed by atoms with Crippen LogP contribution in [0.25, 0.3) is 10.9 Å². The van der Waals surface area contributed by atoms with E-state index in [1.165, 1.54) is 11.9 Å². The van der Waals surface area contributed by atoms with Crippen molar-refractivity contribution in [1.82, 2.24) is 19.9 Å². The SMILES string of the molecule is CN1CCN(c2ccc(Nc3ncc(F)c(Nc4ccc5[nH]ccc5c4)n3)cc2)CC1. The van der Waals surface area contributed by atoms with Crippen molar-refractivity contribution in [3.63, 3.8) is 0 Å². The second-order valence-electron chi connectivity index (χ2n) is 7.76. The number of piperazine rings is 1. The number of nitrogens with zero attached hydrogens (tertiary/aromatic N) is 4. The minimum Gasteiger partial charge on any atom is -0.369 e. The molecule has 0 bridgehead atoms. The Kier molecular flexibility index (Phi) is 5.13. The summed E-state index contributed by atoms with van der Waals surface area (Å²) in [6.45, 7) is 4.17. The number of hydrogen-bond donors (Lipinski definition) is 3. The lowest BCUT2D eigenvalue weighted by Gasteiger charge is -2.34. The molecular formula is C23H24FN7. The minimum absolute atomic E-state index is 0.126. The average Bonchev–Trinajstić information content (AvgIpc) is 3.25. The number of benzene rings is 2. The third-order valence-corrected chi connectivity index (χ3v) is 5.55. The van der Waals surface area contributed by atoms with Gasteiger partial charge in [0, 0.05) is 60.3 Å². The zero-order chi connectivity index (χ0) is 21.2. The number of aromatic nitrogens is 3. The Morgan fingerprint density at radius 1 is 0.935 bits per heavy atom. The number of halogens is 1. The molecule has 1 fully saturated rings. The van der Waals surface area contributed by atoms with Gasteiger partial charge in [-0.3, -0.25) is 0 Å². The van der Waals surface area contributed by atoms with Crippen molar-refractivity contribution in [2.24, 2.45) is 0 Å². The molecule has 158 valence electrons. The number of nitrogens with one attached hydrogen (secondary N) is 3. The van der Waals surface area contributed by atoms with Crippen LogP contribution in [0.15, 0.2) is 60.9 Å². The van der Waals surface area contributed by atoms with Crippen molar-refractivity contribution in [3.05, 3.63) is 66.7 Å². The van der Waals surface area contributed by atoms with Crippen LogP contribution < -0.4 is 15.5 Å². The van der Waals surface area contributed by atoms with Gasteiger partial charge in [-0.05, 0) is 55.6 Å². The quantitative estimate of drug-likeness (QED) is 0.449. The first-order valence-electron chi connectivity index (χ1n) is 10.3. The van der Waals surface area contributed by atoms with E-state index in [1.807, 2.05) is 42.6 Å². The van der Waals surface area contributed by atoms with Crippen LogP contribution in [0.2, 0.25) is 0 Å². The van der Waals surface area contributed by atoms with Crippen LogP contribution in [0.1, 0.15) is 0 Å². The van der Waals surface area contributed by atoms with E-state index in [9.17, 15) is 4.39 Å². The molecule has 7 nitrogen and oxygen atoms in total. The van der Waals surface area contributed by atoms with Crippen LogP contribution in [0.5, 0.6) is 0 Å². The molecular weight excluding hydrogens is 393 g/mol. The molecule has 0 unspecified atom stereocenters. The van der Waals surface area contributed by atoms with Crippen molar-refractivity contribution in [2.75, 3.05) is 48.8 Å². The molecule has 0 atom stereocenters. The molecule has 1 aliphatic heterocycles. The van der Waals surface area contributed by atoms with E-state index >= 15 is 0 Å². The molecule has 3 heterocycles. The van der Waals surface area contributed by atoms with Gasteiger partial charge in [-0.2, -0.15) is 4.98 Å². The Labute approximate surface area is 179 Å². The molecule has 31 heavy (non-hydrogen) atoms. The number of hydrogen-bond acceptors (Lipinski definition) is 6. The molecule has 3 N–H and O–H groups in total. The van der Waals surface area contributed by atoms with Crippen LogP contribution in [0.3, 0.4) is 0 Å². The number of fused-ring (bicyclic) bond motifs is 1. The van der Waals surface area contributed by atoms with Crippen molar-refractivity contribution in [2.45, 2.75) is 0 Å². The molecule has 5 rings (SSSR count). The first-order chi connectivity index (χ1) is 15.1. The predicted octanol–water partition coefficient (Wildman–Crippen LogP) is 4.34. The Morgan fingerprint density at radius 3 is 2.52 bits per heavy atom. The second kappa shape index (κ2) is 8.23. The molecule has 0 amide bonds. The van der Waals surface area contributed by atoms with Gasteiger partial charge < -0.3 is 25.4 Å². The van der Waals surface area contributed by atoms with E-state index in [-0.39, 0.29) is 5.82 Å². The lowest BCUT2D eigenvalue weighted by atomic mass is 10.2. The summed E-state index contributed by atoms with van der Waals surface area (Å²) >= 11 is 0. The topological polar surface area (TPSA) is 72.1 Å². The van der Waals surface area contributed by atoms with Gasteiger partial charge in [0.25, 0.3) is 0 Å². The Bertz CT molecular complexity index is 1180. The second-order valence-corrected chi connectivity index (χ2v) is 7.76. The van der Waals surface area contributed by atoms with Gasteiger partial charge in [0.05, 0.1) is 6.20 Å². The molecule has 1 saturated heterocycles. The fourth-order valence-electron chi connectivity index (χ4n) is 3.73. The van der Waals surface area contributed by atoms with Crippen LogP contribution in [-0.2, 0) is 0 Å². The fourth-order valence-corrected chi connectivity index (χ4v) is 3.73. The highest BCUT2D eigenvalue weighted by molar-refractivity contribution is 5.83. The molecule has 2 aromatic heterocycles. The first kappa shape index (κ1) is 19.3. The molecule has 8 heteroatoms. The molecule has 0 saturated carbocycles. The van der Waals surface area contributed by atoms with Crippen LogP contribution in [-0.4, -0.2) is 53.1 Å². The lowest BCUT2D eigenvalue weighted by molar-refractivity contribution is 0.313. The Morgan fingerprint density at radius 2 is 1.71 bits per heavy atom. The van der Waals surface area contributed by atoms with Gasteiger partial charge in [-0.25, -0.2) is 9.37 Å². The van der Waals surface area contributed by atoms with Gasteiger partial charge in [-0.1, -0.05) is 0 Å². The van der Waals surface area contributed by atoms with E-state index < -0.39 is 5.82 Å². The monoisotopic (exact) mass is 417 g/mol. The lowest BCUT2D eigenvalue weighted by Crippen LogP contribution is -2.44. The Balaban J connectivity index is 1.29. The predicted molar refractivity (Wildman–Crippen MR) is 123 cm³/mol. The van der Waals surface area contributed by atoms with Crippen LogP contribution in [0.4, 0.5) is 33.2 Å². The van der Waals surface area contributed by atoms with E-state index in [0.29, 0.717) is 5.95 Å². The number of likely N-dealkylation sites (N-methyl/N-ethyl adjacent to an activating group) is 1. The highest BCUT2D eigenvalue weighted by Crippen LogP contribution is 2.24. The standard InChI is InChI=1S/C23H24FN7/c1-30-10-12-31(13-11-30)19-5-2-17(3-6-19)28-23-26-15-20(24)22(29-23)27-18-4-7-21-16(14-18)8-9-25-21/h2-9,14-15,25H,10-13H2,1H3,(H2,26,27,28,29). The van der Waals surface area contributed by atoms with Gasteiger partial charge in [0.2, 0.25) is 5.95 Å². The summed E-state index contributed by atoms with van der Waals surface area (Å²) in [7, 11) is 2.15. The third-order valence-electron chi connectivity index (χ3n) is 5.55. The van der Waals surface area contributed by atoms with Gasteiger partial charge in [0.15, 0.2) is 11.6 Å². The molecule has 0 spiro atoms. The van der Waals surface area contributed by atoms with Gasteiger partial charge in [-0.15, -0.1) is 0 Å². The van der Waals surface area contributed by atoms with Crippen LogP contribution in [0, 0.1) is 5.82 Å². The smallest absolute Gasteiger partial charge is 0.229 e. The van der Waals surface area contributed by atoms with E-state index in [4.69, 9.17) is 0 Å². The maximum Gasteiger partial charge on any atom is 0.229 e. The van der Waals surface area contributed by atoms with Crippen molar-refractivity contribution in [1.29, 1.82) is 0 Å². The minimum atomic E-state index is -0.509. The number of anilines is 5. The number of rotatable bonds is 5. The summed E-state index contributed by atoms with van der Waals surface area (Å²) in [4.78, 5) is 16.3. The largest absolute Gasteiger partial charge is 0.369 e. The average molecular weight is 417 g/mol. The summed E-state index contributed by atoms with van der Waals surface area (Å²) < 4.78 is 14.3. The van der Waals surface area contributed by atoms with Crippen molar-refractivity contribution >= 4 is 39.7 Å². The third kappa shape index (κ3) is 4.29. The van der Waals surface area contributed by atoms with Crippen molar-refractivity contribution < 1.29 is 4.39 Å². The molecule has 0 radical (unpaired) electrons. The molecule has 1 aliphatic rings.